The van der Waals surface area contributed by atoms with Crippen LogP contribution in [0.1, 0.15) is 33.7 Å². The zero-order valence-electron chi connectivity index (χ0n) is 11.8. The smallest absolute Gasteiger partial charge is 0.257 e. The second kappa shape index (κ2) is 6.97. The number of benzene rings is 1. The molecule has 21 heavy (non-hydrogen) atoms. The molecule has 0 saturated carbocycles. The van der Waals surface area contributed by atoms with Crippen molar-refractivity contribution in [1.29, 1.82) is 0 Å². The summed E-state index contributed by atoms with van der Waals surface area (Å²) in [5, 5.41) is 11.9. The molecule has 0 atom stereocenters. The van der Waals surface area contributed by atoms with Gasteiger partial charge in [0.05, 0.1) is 6.61 Å². The van der Waals surface area contributed by atoms with Crippen LogP contribution < -0.4 is 5.32 Å². The van der Waals surface area contributed by atoms with Gasteiger partial charge in [-0.05, 0) is 37.6 Å². The van der Waals surface area contributed by atoms with E-state index >= 15 is 0 Å². The molecule has 0 aliphatic rings. The van der Waals surface area contributed by atoms with E-state index in [0.717, 1.165) is 22.7 Å². The Morgan fingerprint density at radius 3 is 2.86 bits per heavy atom. The molecule has 1 aromatic heterocycles. The minimum absolute atomic E-state index is 0.0303. The molecule has 1 heterocycles. The van der Waals surface area contributed by atoms with E-state index in [2.05, 4.69) is 26.5 Å². The van der Waals surface area contributed by atoms with Gasteiger partial charge in [-0.3, -0.25) is 10.1 Å². The molecule has 0 aliphatic heterocycles. The van der Waals surface area contributed by atoms with E-state index < -0.39 is 0 Å². The summed E-state index contributed by atoms with van der Waals surface area (Å²) in [6.07, 6.45) is 0.416. The second-order valence-electron chi connectivity index (χ2n) is 4.46. The molecule has 0 spiro atoms. The first-order valence-corrected chi connectivity index (χ1v) is 7.19. The Morgan fingerprint density at radius 2 is 2.19 bits per heavy atom. The summed E-state index contributed by atoms with van der Waals surface area (Å²) in [5.74, 6) is 6.18. The lowest BCUT2D eigenvalue weighted by Crippen LogP contribution is -2.12. The molecule has 0 radical (unpaired) electrons. The van der Waals surface area contributed by atoms with Crippen molar-refractivity contribution in [2.45, 2.75) is 20.3 Å². The maximum absolute atomic E-state index is 12.2. The Balaban J connectivity index is 2.19. The van der Waals surface area contributed by atoms with Crippen molar-refractivity contribution in [3.05, 3.63) is 40.7 Å². The van der Waals surface area contributed by atoms with Crippen LogP contribution in [-0.4, -0.2) is 27.0 Å². The Labute approximate surface area is 127 Å². The van der Waals surface area contributed by atoms with E-state index in [-0.39, 0.29) is 12.5 Å². The SMILES string of the molecule is Cc1cc(C#CCCO)cc(C(=O)Nc2nc(C)ns2)c1. The van der Waals surface area contributed by atoms with Crippen molar-refractivity contribution < 1.29 is 9.90 Å². The van der Waals surface area contributed by atoms with Crippen LogP contribution in [0.15, 0.2) is 18.2 Å². The van der Waals surface area contributed by atoms with Gasteiger partial charge in [-0.1, -0.05) is 11.8 Å². The molecule has 2 aromatic rings. The maximum Gasteiger partial charge on any atom is 0.257 e. The van der Waals surface area contributed by atoms with Crippen LogP contribution in [0.4, 0.5) is 5.13 Å². The number of aliphatic hydroxyl groups excluding tert-OH is 1. The van der Waals surface area contributed by atoms with Gasteiger partial charge in [-0.15, -0.1) is 0 Å². The van der Waals surface area contributed by atoms with Crippen LogP contribution in [0.5, 0.6) is 0 Å². The van der Waals surface area contributed by atoms with Crippen molar-refractivity contribution in [2.24, 2.45) is 0 Å². The Hall–Kier alpha value is -2.23. The molecule has 0 aliphatic carbocycles. The van der Waals surface area contributed by atoms with Crippen LogP contribution in [0.25, 0.3) is 0 Å². The quantitative estimate of drug-likeness (QED) is 0.852. The number of carbonyl (C=O) groups excluding carboxylic acids is 1. The summed E-state index contributed by atoms with van der Waals surface area (Å²) in [7, 11) is 0. The molecule has 1 amide bonds. The number of aromatic nitrogens is 2. The predicted octanol–water partition coefficient (Wildman–Crippen LogP) is 2.14. The normalized spacial score (nSPS) is 9.86. The second-order valence-corrected chi connectivity index (χ2v) is 5.22. The van der Waals surface area contributed by atoms with Crippen LogP contribution in [-0.2, 0) is 0 Å². The average molecular weight is 301 g/mol. The zero-order chi connectivity index (χ0) is 15.2. The van der Waals surface area contributed by atoms with E-state index in [1.54, 1.807) is 19.1 Å². The molecule has 0 fully saturated rings. The first-order valence-electron chi connectivity index (χ1n) is 6.41. The Kier molecular flexibility index (Phi) is 5.04. The van der Waals surface area contributed by atoms with Crippen molar-refractivity contribution in [1.82, 2.24) is 9.36 Å². The summed E-state index contributed by atoms with van der Waals surface area (Å²) in [4.78, 5) is 16.3. The summed E-state index contributed by atoms with van der Waals surface area (Å²) in [5.41, 5.74) is 2.22. The Bertz CT molecular complexity index is 713. The topological polar surface area (TPSA) is 75.1 Å². The molecule has 108 valence electrons. The highest BCUT2D eigenvalue weighted by molar-refractivity contribution is 7.09. The predicted molar refractivity (Wildman–Crippen MR) is 82.4 cm³/mol. The number of nitrogens with zero attached hydrogens (tertiary/aromatic N) is 2. The minimum atomic E-state index is -0.236. The van der Waals surface area contributed by atoms with Crippen molar-refractivity contribution >= 4 is 22.6 Å². The lowest BCUT2D eigenvalue weighted by Gasteiger charge is -2.04. The summed E-state index contributed by atoms with van der Waals surface area (Å²) in [6, 6.07) is 5.41. The number of aliphatic hydroxyl groups is 1. The maximum atomic E-state index is 12.2. The lowest BCUT2D eigenvalue weighted by molar-refractivity contribution is 0.102. The molecular formula is C15H15N3O2S. The van der Waals surface area contributed by atoms with E-state index in [4.69, 9.17) is 5.11 Å². The van der Waals surface area contributed by atoms with Crippen LogP contribution in [0.2, 0.25) is 0 Å². The highest BCUT2D eigenvalue weighted by Gasteiger charge is 2.10. The van der Waals surface area contributed by atoms with Crippen molar-refractivity contribution in [3.8, 4) is 11.8 Å². The van der Waals surface area contributed by atoms with Crippen molar-refractivity contribution in [2.75, 3.05) is 11.9 Å². The fraction of sp³-hybridized carbons (Fsp3) is 0.267. The molecular weight excluding hydrogens is 286 g/mol. The van der Waals surface area contributed by atoms with E-state index in [1.165, 1.54) is 0 Å². The summed E-state index contributed by atoms with van der Waals surface area (Å²) in [6.45, 7) is 3.71. The van der Waals surface area contributed by atoms with Gasteiger partial charge in [-0.2, -0.15) is 4.37 Å². The number of aryl methyl sites for hydroxylation is 2. The molecule has 0 unspecified atom stereocenters. The molecule has 2 rings (SSSR count). The largest absolute Gasteiger partial charge is 0.395 e. The van der Waals surface area contributed by atoms with Gasteiger partial charge in [-0.25, -0.2) is 4.98 Å². The average Bonchev–Trinajstić information content (AvgIpc) is 2.84. The number of amides is 1. The first kappa shape index (κ1) is 15.2. The standard InChI is InChI=1S/C15H15N3O2S/c1-10-7-12(5-3-4-6-19)9-13(8-10)14(20)17-15-16-11(2)18-21-15/h7-9,19H,4,6H2,1-2H3,(H,16,17,18,20). The molecule has 6 heteroatoms. The number of carbonyl (C=O) groups is 1. The highest BCUT2D eigenvalue weighted by atomic mass is 32.1. The summed E-state index contributed by atoms with van der Waals surface area (Å²) < 4.78 is 4.02. The third-order valence-electron chi connectivity index (χ3n) is 2.56. The van der Waals surface area contributed by atoms with Gasteiger partial charge in [0.2, 0.25) is 5.13 Å². The van der Waals surface area contributed by atoms with E-state index in [9.17, 15) is 4.79 Å². The molecule has 2 N–H and O–H groups in total. The summed E-state index contributed by atoms with van der Waals surface area (Å²) >= 11 is 1.15. The van der Waals surface area contributed by atoms with Gasteiger partial charge in [0, 0.05) is 29.1 Å². The van der Waals surface area contributed by atoms with Gasteiger partial charge in [0.15, 0.2) is 0 Å². The van der Waals surface area contributed by atoms with Gasteiger partial charge >= 0.3 is 0 Å². The Morgan fingerprint density at radius 1 is 1.38 bits per heavy atom. The van der Waals surface area contributed by atoms with Crippen molar-refractivity contribution in [3.63, 3.8) is 0 Å². The monoisotopic (exact) mass is 301 g/mol. The third-order valence-corrected chi connectivity index (χ3v) is 3.28. The van der Waals surface area contributed by atoms with E-state index in [1.807, 2.05) is 13.0 Å². The molecule has 5 nitrogen and oxygen atoms in total. The van der Waals surface area contributed by atoms with E-state index in [0.29, 0.717) is 22.9 Å². The molecule has 0 saturated heterocycles. The van der Waals surface area contributed by atoms with Gasteiger partial charge < -0.3 is 5.11 Å². The lowest BCUT2D eigenvalue weighted by atomic mass is 10.1. The number of hydrogen-bond donors (Lipinski definition) is 2. The third kappa shape index (κ3) is 4.38. The number of anilines is 1. The first-order chi connectivity index (χ1) is 10.1. The number of nitrogens with one attached hydrogen (secondary N) is 1. The molecule has 1 aromatic carbocycles. The fourth-order valence-corrected chi connectivity index (χ4v) is 2.29. The van der Waals surface area contributed by atoms with Crippen LogP contribution in [0.3, 0.4) is 0 Å². The van der Waals surface area contributed by atoms with Gasteiger partial charge in [0.25, 0.3) is 5.91 Å². The zero-order valence-corrected chi connectivity index (χ0v) is 12.6. The fourth-order valence-electron chi connectivity index (χ4n) is 1.72. The minimum Gasteiger partial charge on any atom is -0.395 e. The number of rotatable bonds is 3. The van der Waals surface area contributed by atoms with Gasteiger partial charge in [0.1, 0.15) is 5.82 Å². The van der Waals surface area contributed by atoms with Crippen LogP contribution in [0, 0.1) is 25.7 Å². The number of hydrogen-bond acceptors (Lipinski definition) is 5. The highest BCUT2D eigenvalue weighted by Crippen LogP contribution is 2.14. The van der Waals surface area contributed by atoms with Crippen LogP contribution >= 0.6 is 11.5 Å². The molecule has 0 bridgehead atoms.